The molecule has 1 aliphatic heterocycles. The van der Waals surface area contributed by atoms with Gasteiger partial charge in [-0.15, -0.1) is 0 Å². The molecule has 1 unspecified atom stereocenters. The lowest BCUT2D eigenvalue weighted by Crippen LogP contribution is -2.49. The highest BCUT2D eigenvalue weighted by molar-refractivity contribution is 6.31. The SMILES string of the molecule is CC(C)N1c2ccc(Cl)cc2NC(=O)C1C. The average Bonchev–Trinajstić information content (AvgIpc) is 2.19. The maximum Gasteiger partial charge on any atom is 0.246 e. The summed E-state index contributed by atoms with van der Waals surface area (Å²) in [6.45, 7) is 6.06. The number of hydrogen-bond donors (Lipinski definition) is 1. The smallest absolute Gasteiger partial charge is 0.246 e. The Morgan fingerprint density at radius 3 is 2.75 bits per heavy atom. The van der Waals surface area contributed by atoms with Gasteiger partial charge in [0.25, 0.3) is 0 Å². The van der Waals surface area contributed by atoms with E-state index in [-0.39, 0.29) is 18.0 Å². The first-order chi connectivity index (χ1) is 7.50. The fourth-order valence-corrected chi connectivity index (χ4v) is 2.30. The molecule has 0 saturated heterocycles. The molecular formula is C12H15ClN2O. The first-order valence-electron chi connectivity index (χ1n) is 5.39. The van der Waals surface area contributed by atoms with Crippen LogP contribution in [-0.4, -0.2) is 18.0 Å². The number of anilines is 2. The molecule has 16 heavy (non-hydrogen) atoms. The monoisotopic (exact) mass is 238 g/mol. The van der Waals surface area contributed by atoms with Gasteiger partial charge in [0.05, 0.1) is 11.4 Å². The van der Waals surface area contributed by atoms with E-state index in [4.69, 9.17) is 11.6 Å². The Kier molecular flexibility index (Phi) is 2.80. The van der Waals surface area contributed by atoms with Crippen LogP contribution in [0.2, 0.25) is 5.02 Å². The summed E-state index contributed by atoms with van der Waals surface area (Å²) in [7, 11) is 0. The number of nitrogens with zero attached hydrogens (tertiary/aromatic N) is 1. The number of hydrogen-bond acceptors (Lipinski definition) is 2. The second-order valence-electron chi connectivity index (χ2n) is 4.33. The van der Waals surface area contributed by atoms with Crippen molar-refractivity contribution in [2.75, 3.05) is 10.2 Å². The lowest BCUT2D eigenvalue weighted by molar-refractivity contribution is -0.117. The Hall–Kier alpha value is -1.22. The van der Waals surface area contributed by atoms with E-state index < -0.39 is 0 Å². The number of benzene rings is 1. The second-order valence-corrected chi connectivity index (χ2v) is 4.76. The summed E-state index contributed by atoms with van der Waals surface area (Å²) in [6, 6.07) is 5.72. The van der Waals surface area contributed by atoms with Gasteiger partial charge in [-0.3, -0.25) is 4.79 Å². The van der Waals surface area contributed by atoms with E-state index >= 15 is 0 Å². The van der Waals surface area contributed by atoms with Crippen molar-refractivity contribution in [3.63, 3.8) is 0 Å². The maximum absolute atomic E-state index is 11.8. The molecule has 1 amide bonds. The summed E-state index contributed by atoms with van der Waals surface area (Å²) in [5, 5.41) is 3.51. The number of fused-ring (bicyclic) bond motifs is 1. The van der Waals surface area contributed by atoms with Crippen LogP contribution in [0.5, 0.6) is 0 Å². The van der Waals surface area contributed by atoms with Crippen LogP contribution < -0.4 is 10.2 Å². The third-order valence-corrected chi connectivity index (χ3v) is 3.08. The van der Waals surface area contributed by atoms with Crippen LogP contribution in [0.3, 0.4) is 0 Å². The van der Waals surface area contributed by atoms with E-state index in [0.29, 0.717) is 5.02 Å². The number of halogens is 1. The van der Waals surface area contributed by atoms with Gasteiger partial charge in [-0.25, -0.2) is 0 Å². The molecule has 86 valence electrons. The normalized spacial score (nSPS) is 19.7. The summed E-state index contributed by atoms with van der Waals surface area (Å²) in [5.41, 5.74) is 1.83. The number of rotatable bonds is 1. The minimum Gasteiger partial charge on any atom is -0.356 e. The molecule has 0 fully saturated rings. The van der Waals surface area contributed by atoms with Crippen molar-refractivity contribution < 1.29 is 4.79 Å². The predicted octanol–water partition coefficient (Wildman–Crippen LogP) is 2.90. The van der Waals surface area contributed by atoms with Crippen molar-refractivity contribution in [1.29, 1.82) is 0 Å². The molecule has 1 atom stereocenters. The number of carbonyl (C=O) groups is 1. The highest BCUT2D eigenvalue weighted by Gasteiger charge is 2.30. The highest BCUT2D eigenvalue weighted by atomic mass is 35.5. The zero-order valence-corrected chi connectivity index (χ0v) is 10.4. The van der Waals surface area contributed by atoms with Gasteiger partial charge in [0, 0.05) is 11.1 Å². The maximum atomic E-state index is 11.8. The molecule has 0 radical (unpaired) electrons. The number of nitrogens with one attached hydrogen (secondary N) is 1. The van der Waals surface area contributed by atoms with Crippen LogP contribution in [0.25, 0.3) is 0 Å². The molecule has 0 spiro atoms. The standard InChI is InChI=1S/C12H15ClN2O/c1-7(2)15-8(3)12(16)14-10-6-9(13)4-5-11(10)15/h4-8H,1-3H3,(H,14,16). The van der Waals surface area contributed by atoms with Crippen LogP contribution in [0, 0.1) is 0 Å². The van der Waals surface area contributed by atoms with Gasteiger partial charge in [-0.1, -0.05) is 11.6 Å². The van der Waals surface area contributed by atoms with Crippen LogP contribution in [0.15, 0.2) is 18.2 Å². The second kappa shape index (κ2) is 3.98. The Morgan fingerprint density at radius 2 is 2.12 bits per heavy atom. The van der Waals surface area contributed by atoms with E-state index in [1.54, 1.807) is 6.07 Å². The van der Waals surface area contributed by atoms with Gasteiger partial charge in [0.15, 0.2) is 0 Å². The minimum atomic E-state index is -0.145. The van der Waals surface area contributed by atoms with Gasteiger partial charge in [0.1, 0.15) is 6.04 Å². The molecule has 2 rings (SSSR count). The number of carbonyl (C=O) groups excluding carboxylic acids is 1. The molecule has 1 N–H and O–H groups in total. The van der Waals surface area contributed by atoms with Crippen molar-refractivity contribution >= 4 is 28.9 Å². The Morgan fingerprint density at radius 1 is 1.44 bits per heavy atom. The van der Waals surface area contributed by atoms with E-state index in [2.05, 4.69) is 24.1 Å². The summed E-state index contributed by atoms with van der Waals surface area (Å²) in [5.74, 6) is 0.0171. The van der Waals surface area contributed by atoms with Gasteiger partial charge < -0.3 is 10.2 Å². The quantitative estimate of drug-likeness (QED) is 0.816. The lowest BCUT2D eigenvalue weighted by atomic mass is 10.1. The third-order valence-electron chi connectivity index (χ3n) is 2.85. The third kappa shape index (κ3) is 1.76. The molecule has 0 aromatic heterocycles. The lowest BCUT2D eigenvalue weighted by Gasteiger charge is -2.39. The first kappa shape index (κ1) is 11.3. The predicted molar refractivity (Wildman–Crippen MR) is 67.2 cm³/mol. The largest absolute Gasteiger partial charge is 0.356 e. The summed E-state index contributed by atoms with van der Waals surface area (Å²) in [6.07, 6.45) is 0. The van der Waals surface area contributed by atoms with E-state index in [1.807, 2.05) is 19.1 Å². The van der Waals surface area contributed by atoms with Gasteiger partial charge in [-0.2, -0.15) is 0 Å². The topological polar surface area (TPSA) is 32.3 Å². The van der Waals surface area contributed by atoms with Crippen LogP contribution >= 0.6 is 11.6 Å². The summed E-state index contributed by atoms with van der Waals surface area (Å²) >= 11 is 5.92. The van der Waals surface area contributed by atoms with Crippen molar-refractivity contribution in [1.82, 2.24) is 0 Å². The molecule has 1 aromatic rings. The molecule has 3 nitrogen and oxygen atoms in total. The molecular weight excluding hydrogens is 224 g/mol. The van der Waals surface area contributed by atoms with E-state index in [0.717, 1.165) is 11.4 Å². The van der Waals surface area contributed by atoms with Crippen molar-refractivity contribution in [2.45, 2.75) is 32.9 Å². The minimum absolute atomic E-state index is 0.0171. The molecule has 1 heterocycles. The molecule has 0 bridgehead atoms. The Bertz CT molecular complexity index is 431. The van der Waals surface area contributed by atoms with Crippen molar-refractivity contribution in [3.05, 3.63) is 23.2 Å². The zero-order chi connectivity index (χ0) is 11.9. The molecule has 0 aliphatic carbocycles. The molecule has 4 heteroatoms. The van der Waals surface area contributed by atoms with E-state index in [9.17, 15) is 4.79 Å². The van der Waals surface area contributed by atoms with E-state index in [1.165, 1.54) is 0 Å². The fourth-order valence-electron chi connectivity index (χ4n) is 2.13. The summed E-state index contributed by atoms with van der Waals surface area (Å²) < 4.78 is 0. The van der Waals surface area contributed by atoms with Crippen molar-refractivity contribution in [3.8, 4) is 0 Å². The zero-order valence-electron chi connectivity index (χ0n) is 9.62. The summed E-state index contributed by atoms with van der Waals surface area (Å²) in [4.78, 5) is 13.9. The Balaban J connectivity index is 2.52. The Labute approximate surface area is 100 Å². The van der Waals surface area contributed by atoms with Crippen molar-refractivity contribution in [2.24, 2.45) is 0 Å². The van der Waals surface area contributed by atoms with Crippen LogP contribution in [0.1, 0.15) is 20.8 Å². The van der Waals surface area contributed by atoms with Crippen LogP contribution in [0.4, 0.5) is 11.4 Å². The van der Waals surface area contributed by atoms with Gasteiger partial charge in [0.2, 0.25) is 5.91 Å². The van der Waals surface area contributed by atoms with Gasteiger partial charge >= 0.3 is 0 Å². The first-order valence-corrected chi connectivity index (χ1v) is 5.77. The van der Waals surface area contributed by atoms with Crippen LogP contribution in [-0.2, 0) is 4.79 Å². The highest BCUT2D eigenvalue weighted by Crippen LogP contribution is 2.35. The molecule has 0 saturated carbocycles. The molecule has 1 aliphatic rings. The number of amides is 1. The fraction of sp³-hybridized carbons (Fsp3) is 0.417. The average molecular weight is 239 g/mol. The van der Waals surface area contributed by atoms with Gasteiger partial charge in [-0.05, 0) is 39.0 Å². The molecule has 1 aromatic carbocycles.